The molecule has 2 heterocycles. The number of H-pyrrole nitrogens is 1. The van der Waals surface area contributed by atoms with Gasteiger partial charge in [0.2, 0.25) is 15.9 Å². The normalized spacial score (nSPS) is 19.1. The number of aryl methyl sites for hydroxylation is 1. The average molecular weight is 443 g/mol. The lowest BCUT2D eigenvalue weighted by atomic mass is 9.86. The van der Waals surface area contributed by atoms with Crippen molar-refractivity contribution in [2.75, 3.05) is 6.54 Å². The van der Waals surface area contributed by atoms with Crippen LogP contribution in [-0.2, 0) is 26.0 Å². The van der Waals surface area contributed by atoms with Crippen molar-refractivity contribution in [3.05, 3.63) is 35.2 Å². The summed E-state index contributed by atoms with van der Waals surface area (Å²) in [7, 11) is -3.43. The summed E-state index contributed by atoms with van der Waals surface area (Å²) in [6.45, 7) is 2.05. The van der Waals surface area contributed by atoms with Crippen LogP contribution in [0.1, 0.15) is 37.1 Å². The Hall–Kier alpha value is -2.24. The molecule has 0 radical (unpaired) electrons. The number of thiophene rings is 1. The number of carbonyl (C=O) groups excluding carboxylic acids is 1. The van der Waals surface area contributed by atoms with Gasteiger partial charge in [0.05, 0.1) is 18.4 Å². The van der Waals surface area contributed by atoms with Gasteiger partial charge in [-0.05, 0) is 43.6 Å². The molecule has 0 saturated heterocycles. The fourth-order valence-electron chi connectivity index (χ4n) is 3.32. The van der Waals surface area contributed by atoms with Gasteiger partial charge in [-0.1, -0.05) is 12.5 Å². The van der Waals surface area contributed by atoms with Crippen molar-refractivity contribution >= 4 is 33.7 Å². The largest absolute Gasteiger partial charge is 0.483 e. The molecule has 0 aromatic carbocycles. The van der Waals surface area contributed by atoms with E-state index in [2.05, 4.69) is 20.0 Å². The Morgan fingerprint density at radius 3 is 2.83 bits per heavy atom. The number of aromatic amines is 1. The van der Waals surface area contributed by atoms with Crippen LogP contribution in [0.15, 0.2) is 28.0 Å². The van der Waals surface area contributed by atoms with E-state index in [0.29, 0.717) is 10.8 Å². The molecule has 1 aliphatic carbocycles. The molecule has 0 unspecified atom stereocenters. The standard InChI is InChI=1S/C17H24N4O3S2.CH2O2/c1-12-15(19-11-18-12)9-16(22)21-14-5-2-4-13(8-14)10-20-26(23,24)17-6-3-7-25-17;2-1-3/h3,6-7,11,13-14,20H,2,4-5,8-10H2,1H3,(H,18,19)(H,21,22);1H,(H,2,3)/t13-,14+;/m1./s1. The van der Waals surface area contributed by atoms with E-state index in [1.807, 2.05) is 6.92 Å². The predicted octanol–water partition coefficient (Wildman–Crippen LogP) is 1.68. The van der Waals surface area contributed by atoms with Gasteiger partial charge in [-0.25, -0.2) is 18.1 Å². The summed E-state index contributed by atoms with van der Waals surface area (Å²) < 4.78 is 27.5. The van der Waals surface area contributed by atoms with Gasteiger partial charge in [-0.3, -0.25) is 9.59 Å². The Labute approximate surface area is 174 Å². The molecule has 2 atom stereocenters. The van der Waals surface area contributed by atoms with Crippen molar-refractivity contribution in [2.24, 2.45) is 5.92 Å². The lowest BCUT2D eigenvalue weighted by Crippen LogP contribution is -2.41. The van der Waals surface area contributed by atoms with Crippen LogP contribution < -0.4 is 10.0 Å². The molecular weight excluding hydrogens is 416 g/mol. The number of hydrogen-bond donors (Lipinski definition) is 4. The van der Waals surface area contributed by atoms with Gasteiger partial charge < -0.3 is 15.4 Å². The maximum atomic E-state index is 12.2. The van der Waals surface area contributed by atoms with Gasteiger partial charge in [-0.15, -0.1) is 11.3 Å². The van der Waals surface area contributed by atoms with E-state index < -0.39 is 10.0 Å². The second-order valence-corrected chi connectivity index (χ2v) is 9.78. The molecule has 1 fully saturated rings. The number of aromatic nitrogens is 2. The molecule has 11 heteroatoms. The quantitative estimate of drug-likeness (QED) is 0.481. The molecule has 0 aliphatic heterocycles. The molecule has 0 spiro atoms. The van der Waals surface area contributed by atoms with E-state index in [-0.39, 0.29) is 30.8 Å². The minimum atomic E-state index is -3.43. The fraction of sp³-hybridized carbons (Fsp3) is 0.500. The molecule has 1 amide bonds. The van der Waals surface area contributed by atoms with Crippen molar-refractivity contribution < 1.29 is 23.1 Å². The van der Waals surface area contributed by atoms with Crippen molar-refractivity contribution in [3.8, 4) is 0 Å². The monoisotopic (exact) mass is 442 g/mol. The molecule has 1 aliphatic rings. The molecule has 3 rings (SSSR count). The highest BCUT2D eigenvalue weighted by Crippen LogP contribution is 2.25. The molecule has 4 N–H and O–H groups in total. The van der Waals surface area contributed by atoms with Gasteiger partial charge in [0.1, 0.15) is 4.21 Å². The van der Waals surface area contributed by atoms with Crippen molar-refractivity contribution in [2.45, 2.75) is 49.3 Å². The molecule has 2 aromatic rings. The summed E-state index contributed by atoms with van der Waals surface area (Å²) >= 11 is 1.21. The van der Waals surface area contributed by atoms with Crippen LogP contribution >= 0.6 is 11.3 Å². The van der Waals surface area contributed by atoms with Crippen molar-refractivity contribution in [1.29, 1.82) is 0 Å². The molecule has 9 nitrogen and oxygen atoms in total. The Kier molecular flexibility index (Phi) is 8.80. The number of nitrogens with one attached hydrogen (secondary N) is 3. The third-order valence-corrected chi connectivity index (χ3v) is 7.55. The van der Waals surface area contributed by atoms with E-state index in [4.69, 9.17) is 9.90 Å². The first kappa shape index (κ1) is 23.0. The van der Waals surface area contributed by atoms with Gasteiger partial charge in [-0.2, -0.15) is 0 Å². The molecular formula is C18H26N4O5S2. The summed E-state index contributed by atoms with van der Waals surface area (Å²) in [5, 5.41) is 11.7. The fourth-order valence-corrected chi connectivity index (χ4v) is 5.47. The van der Waals surface area contributed by atoms with Crippen LogP contribution in [0.4, 0.5) is 0 Å². The van der Waals surface area contributed by atoms with E-state index >= 15 is 0 Å². The number of nitrogens with zero attached hydrogens (tertiary/aromatic N) is 1. The Morgan fingerprint density at radius 1 is 1.45 bits per heavy atom. The maximum Gasteiger partial charge on any atom is 0.290 e. The number of carbonyl (C=O) groups is 2. The number of rotatable bonds is 7. The number of carboxylic acid groups (broad SMARTS) is 1. The van der Waals surface area contributed by atoms with E-state index in [1.165, 1.54) is 11.3 Å². The van der Waals surface area contributed by atoms with Gasteiger partial charge in [0.15, 0.2) is 0 Å². The summed E-state index contributed by atoms with van der Waals surface area (Å²) in [6, 6.07) is 3.42. The third-order valence-electron chi connectivity index (χ3n) is 4.73. The van der Waals surface area contributed by atoms with Gasteiger partial charge in [0, 0.05) is 18.3 Å². The van der Waals surface area contributed by atoms with Crippen molar-refractivity contribution in [3.63, 3.8) is 0 Å². The average Bonchev–Trinajstić information content (AvgIpc) is 3.34. The molecule has 1 saturated carbocycles. The molecule has 0 bridgehead atoms. The Balaban J connectivity index is 0.000000941. The topological polar surface area (TPSA) is 141 Å². The van der Waals surface area contributed by atoms with E-state index in [9.17, 15) is 13.2 Å². The first-order chi connectivity index (χ1) is 13.9. The van der Waals surface area contributed by atoms with Gasteiger partial charge >= 0.3 is 0 Å². The smallest absolute Gasteiger partial charge is 0.290 e. The zero-order valence-electron chi connectivity index (χ0n) is 16.1. The maximum absolute atomic E-state index is 12.2. The lowest BCUT2D eigenvalue weighted by Gasteiger charge is -2.29. The van der Waals surface area contributed by atoms with E-state index in [0.717, 1.165) is 37.1 Å². The van der Waals surface area contributed by atoms with E-state index in [1.54, 1.807) is 23.8 Å². The van der Waals surface area contributed by atoms with Crippen LogP contribution in [0.2, 0.25) is 0 Å². The van der Waals surface area contributed by atoms with Crippen LogP contribution in [0.25, 0.3) is 0 Å². The minimum Gasteiger partial charge on any atom is -0.483 e. The number of imidazole rings is 1. The van der Waals surface area contributed by atoms with Crippen LogP contribution in [0.5, 0.6) is 0 Å². The second kappa shape index (κ2) is 11.1. The first-order valence-electron chi connectivity index (χ1n) is 9.25. The Morgan fingerprint density at radius 2 is 2.21 bits per heavy atom. The number of hydrogen-bond acceptors (Lipinski definition) is 6. The van der Waals surface area contributed by atoms with Crippen molar-refractivity contribution in [1.82, 2.24) is 20.0 Å². The zero-order valence-corrected chi connectivity index (χ0v) is 17.8. The molecule has 2 aromatic heterocycles. The number of sulfonamides is 1. The highest BCUT2D eigenvalue weighted by Gasteiger charge is 2.25. The minimum absolute atomic E-state index is 0.0370. The molecule has 160 valence electrons. The summed E-state index contributed by atoms with van der Waals surface area (Å²) in [5.41, 5.74) is 1.67. The summed E-state index contributed by atoms with van der Waals surface area (Å²) in [5.74, 6) is 0.195. The van der Waals surface area contributed by atoms with Crippen LogP contribution in [0, 0.1) is 12.8 Å². The SMILES string of the molecule is Cc1[nH]cnc1CC(=O)N[C@H]1CCC[C@@H](CNS(=O)(=O)c2cccs2)C1.O=CO. The molecule has 29 heavy (non-hydrogen) atoms. The highest BCUT2D eigenvalue weighted by atomic mass is 32.2. The highest BCUT2D eigenvalue weighted by molar-refractivity contribution is 7.91. The second-order valence-electron chi connectivity index (χ2n) is 6.84. The first-order valence-corrected chi connectivity index (χ1v) is 11.6. The summed E-state index contributed by atoms with van der Waals surface area (Å²) in [4.78, 5) is 27.7. The number of amides is 1. The zero-order chi connectivity index (χ0) is 21.3. The van der Waals surface area contributed by atoms with Crippen LogP contribution in [-0.4, -0.2) is 48.5 Å². The lowest BCUT2D eigenvalue weighted by molar-refractivity contribution is -0.123. The predicted molar refractivity (Wildman–Crippen MR) is 109 cm³/mol. The van der Waals surface area contributed by atoms with Crippen LogP contribution in [0.3, 0.4) is 0 Å². The van der Waals surface area contributed by atoms with Gasteiger partial charge in [0.25, 0.3) is 6.47 Å². The summed E-state index contributed by atoms with van der Waals surface area (Å²) in [6.07, 6.45) is 5.53. The third kappa shape index (κ3) is 7.26. The Bertz CT molecular complexity index is 880.